The minimum absolute atomic E-state index is 0.00783. The maximum absolute atomic E-state index is 11.1. The molecule has 0 saturated carbocycles. The largest absolute Gasteiger partial charge is 0.396 e. The molecule has 0 aromatic heterocycles. The Morgan fingerprint density at radius 3 is 2.29 bits per heavy atom. The summed E-state index contributed by atoms with van der Waals surface area (Å²) in [6.45, 7) is 4.72. The van der Waals surface area contributed by atoms with Gasteiger partial charge < -0.3 is 15.7 Å². The van der Waals surface area contributed by atoms with E-state index in [9.17, 15) is 9.59 Å². The summed E-state index contributed by atoms with van der Waals surface area (Å²) in [6.07, 6.45) is 0.462. The Labute approximate surface area is 83.9 Å². The number of aliphatic hydroxyl groups excluding tert-OH is 1. The molecule has 82 valence electrons. The van der Waals surface area contributed by atoms with Crippen LogP contribution in [0.4, 0.5) is 0 Å². The number of nitrogens with one attached hydrogen (secondary N) is 2. The van der Waals surface area contributed by atoms with Crippen LogP contribution in [0.25, 0.3) is 0 Å². The van der Waals surface area contributed by atoms with Crippen LogP contribution in [0.15, 0.2) is 0 Å². The molecule has 5 heteroatoms. The molecule has 0 bridgehead atoms. The second-order valence-electron chi connectivity index (χ2n) is 3.44. The van der Waals surface area contributed by atoms with Crippen molar-refractivity contribution in [3.05, 3.63) is 0 Å². The van der Waals surface area contributed by atoms with Crippen molar-refractivity contribution < 1.29 is 14.7 Å². The molecule has 0 spiro atoms. The quantitative estimate of drug-likeness (QED) is 0.406. The van der Waals surface area contributed by atoms with Gasteiger partial charge in [-0.2, -0.15) is 0 Å². The first-order chi connectivity index (χ1) is 6.57. The molecule has 0 radical (unpaired) electrons. The lowest BCUT2D eigenvalue weighted by Gasteiger charge is -2.07. The standard InChI is InChI=1S/C9H18N2O3/c1-7(2)6-11-9(14)8(13)10-4-3-5-12/h7,12H,3-6H2,1-2H3,(H,10,13)(H,11,14). The van der Waals surface area contributed by atoms with Gasteiger partial charge in [-0.25, -0.2) is 0 Å². The van der Waals surface area contributed by atoms with Gasteiger partial charge in [0.25, 0.3) is 0 Å². The highest BCUT2D eigenvalue weighted by Gasteiger charge is 2.11. The highest BCUT2D eigenvalue weighted by Crippen LogP contribution is 1.86. The fraction of sp³-hybridized carbons (Fsp3) is 0.778. The number of carbonyl (C=O) groups excluding carboxylic acids is 2. The molecule has 0 saturated heterocycles. The topological polar surface area (TPSA) is 78.4 Å². The summed E-state index contributed by atoms with van der Waals surface area (Å²) < 4.78 is 0. The maximum atomic E-state index is 11.1. The van der Waals surface area contributed by atoms with E-state index in [0.29, 0.717) is 25.4 Å². The Hall–Kier alpha value is -1.10. The van der Waals surface area contributed by atoms with Crippen LogP contribution in [-0.4, -0.2) is 36.6 Å². The molecule has 0 aliphatic heterocycles. The first-order valence-corrected chi connectivity index (χ1v) is 4.74. The summed E-state index contributed by atoms with van der Waals surface area (Å²) in [6, 6.07) is 0. The molecular formula is C9H18N2O3. The number of carbonyl (C=O) groups is 2. The van der Waals surface area contributed by atoms with Crippen molar-refractivity contribution >= 4 is 11.8 Å². The zero-order chi connectivity index (χ0) is 11.0. The van der Waals surface area contributed by atoms with E-state index in [2.05, 4.69) is 10.6 Å². The number of amides is 2. The van der Waals surface area contributed by atoms with E-state index in [-0.39, 0.29) is 6.61 Å². The van der Waals surface area contributed by atoms with E-state index >= 15 is 0 Å². The van der Waals surface area contributed by atoms with Crippen molar-refractivity contribution in [2.75, 3.05) is 19.7 Å². The Bertz CT molecular complexity index is 192. The van der Waals surface area contributed by atoms with Crippen LogP contribution in [0.2, 0.25) is 0 Å². The van der Waals surface area contributed by atoms with Crippen molar-refractivity contribution in [2.24, 2.45) is 5.92 Å². The van der Waals surface area contributed by atoms with Gasteiger partial charge in [0.05, 0.1) is 0 Å². The van der Waals surface area contributed by atoms with Gasteiger partial charge in [0, 0.05) is 19.7 Å². The lowest BCUT2D eigenvalue weighted by atomic mass is 10.2. The van der Waals surface area contributed by atoms with Gasteiger partial charge in [-0.05, 0) is 12.3 Å². The molecule has 0 aliphatic carbocycles. The van der Waals surface area contributed by atoms with Crippen molar-refractivity contribution in [1.29, 1.82) is 0 Å². The third-order valence-corrected chi connectivity index (χ3v) is 1.50. The van der Waals surface area contributed by atoms with E-state index in [1.807, 2.05) is 13.8 Å². The summed E-state index contributed by atoms with van der Waals surface area (Å²) in [5.74, 6) is -0.931. The second kappa shape index (κ2) is 7.32. The van der Waals surface area contributed by atoms with Crippen molar-refractivity contribution in [3.8, 4) is 0 Å². The Morgan fingerprint density at radius 2 is 1.79 bits per heavy atom. The van der Waals surface area contributed by atoms with Crippen LogP contribution in [0, 0.1) is 5.92 Å². The van der Waals surface area contributed by atoms with Crippen LogP contribution in [0.3, 0.4) is 0 Å². The molecule has 5 nitrogen and oxygen atoms in total. The Morgan fingerprint density at radius 1 is 1.21 bits per heavy atom. The Balaban J connectivity index is 3.60. The third kappa shape index (κ3) is 6.42. The molecule has 2 amide bonds. The van der Waals surface area contributed by atoms with Gasteiger partial charge in [0.1, 0.15) is 0 Å². The van der Waals surface area contributed by atoms with Crippen LogP contribution in [0.5, 0.6) is 0 Å². The molecule has 3 N–H and O–H groups in total. The predicted molar refractivity (Wildman–Crippen MR) is 52.6 cm³/mol. The second-order valence-corrected chi connectivity index (χ2v) is 3.44. The van der Waals surface area contributed by atoms with Gasteiger partial charge in [-0.15, -0.1) is 0 Å². The smallest absolute Gasteiger partial charge is 0.309 e. The molecule has 0 aromatic rings. The van der Waals surface area contributed by atoms with Crippen molar-refractivity contribution in [3.63, 3.8) is 0 Å². The minimum atomic E-state index is -0.640. The molecule has 14 heavy (non-hydrogen) atoms. The van der Waals surface area contributed by atoms with Gasteiger partial charge in [-0.1, -0.05) is 13.8 Å². The third-order valence-electron chi connectivity index (χ3n) is 1.50. The zero-order valence-corrected chi connectivity index (χ0v) is 8.67. The van der Waals surface area contributed by atoms with Crippen LogP contribution >= 0.6 is 0 Å². The summed E-state index contributed by atoms with van der Waals surface area (Å²) >= 11 is 0. The summed E-state index contributed by atoms with van der Waals surface area (Å²) in [5.41, 5.74) is 0. The van der Waals surface area contributed by atoms with E-state index < -0.39 is 11.8 Å². The molecule has 0 aromatic carbocycles. The lowest BCUT2D eigenvalue weighted by molar-refractivity contribution is -0.139. The van der Waals surface area contributed by atoms with Crippen molar-refractivity contribution in [1.82, 2.24) is 10.6 Å². The molecule has 0 fully saturated rings. The van der Waals surface area contributed by atoms with Crippen LogP contribution in [-0.2, 0) is 9.59 Å². The molecule has 0 aliphatic rings. The zero-order valence-electron chi connectivity index (χ0n) is 8.67. The molecule has 0 atom stereocenters. The van der Waals surface area contributed by atoms with E-state index in [4.69, 9.17) is 5.11 Å². The van der Waals surface area contributed by atoms with Gasteiger partial charge in [-0.3, -0.25) is 9.59 Å². The number of hydrogen-bond donors (Lipinski definition) is 3. The average molecular weight is 202 g/mol. The minimum Gasteiger partial charge on any atom is -0.396 e. The summed E-state index contributed by atoms with van der Waals surface area (Å²) in [4.78, 5) is 22.1. The number of aliphatic hydroxyl groups is 1. The van der Waals surface area contributed by atoms with E-state index in [1.165, 1.54) is 0 Å². The monoisotopic (exact) mass is 202 g/mol. The maximum Gasteiger partial charge on any atom is 0.309 e. The highest BCUT2D eigenvalue weighted by atomic mass is 16.3. The highest BCUT2D eigenvalue weighted by molar-refractivity contribution is 6.35. The van der Waals surface area contributed by atoms with Crippen LogP contribution in [0.1, 0.15) is 20.3 Å². The fourth-order valence-electron chi connectivity index (χ4n) is 0.738. The first kappa shape index (κ1) is 12.9. The normalized spacial score (nSPS) is 10.0. The number of hydrogen-bond acceptors (Lipinski definition) is 3. The van der Waals surface area contributed by atoms with E-state index in [1.54, 1.807) is 0 Å². The average Bonchev–Trinajstić information content (AvgIpc) is 2.14. The predicted octanol–water partition coefficient (Wildman–Crippen LogP) is -0.743. The van der Waals surface area contributed by atoms with Gasteiger partial charge in [0.2, 0.25) is 0 Å². The van der Waals surface area contributed by atoms with E-state index in [0.717, 1.165) is 0 Å². The van der Waals surface area contributed by atoms with Crippen LogP contribution < -0.4 is 10.6 Å². The first-order valence-electron chi connectivity index (χ1n) is 4.74. The molecule has 0 unspecified atom stereocenters. The lowest BCUT2D eigenvalue weighted by Crippen LogP contribution is -2.41. The van der Waals surface area contributed by atoms with Crippen molar-refractivity contribution in [2.45, 2.75) is 20.3 Å². The summed E-state index contributed by atoms with van der Waals surface area (Å²) in [7, 11) is 0. The molecule has 0 rings (SSSR count). The fourth-order valence-corrected chi connectivity index (χ4v) is 0.738. The molecule has 0 heterocycles. The molecular weight excluding hydrogens is 184 g/mol. The van der Waals surface area contributed by atoms with Gasteiger partial charge >= 0.3 is 11.8 Å². The SMILES string of the molecule is CC(C)CNC(=O)C(=O)NCCCO. The Kier molecular flexibility index (Phi) is 6.74. The van der Waals surface area contributed by atoms with Gasteiger partial charge in [0.15, 0.2) is 0 Å². The summed E-state index contributed by atoms with van der Waals surface area (Å²) in [5, 5.41) is 13.3. The number of rotatable bonds is 5.